The largest absolute Gasteiger partial charge is 0.271 e. The van der Waals surface area contributed by atoms with Gasteiger partial charge in [-0.05, 0) is 18.2 Å². The third-order valence-corrected chi connectivity index (χ3v) is 2.22. The monoisotopic (exact) mass is 243 g/mol. The summed E-state index contributed by atoms with van der Waals surface area (Å²) in [5, 5.41) is 3.69. The fraction of sp³-hybridized carbons (Fsp3) is 0. The fourth-order valence-electron chi connectivity index (χ4n) is 1.31. The molecule has 0 saturated carbocycles. The van der Waals surface area contributed by atoms with E-state index in [1.165, 1.54) is 24.7 Å². The number of hydrogen-bond donors (Lipinski definition) is 1. The van der Waals surface area contributed by atoms with Crippen molar-refractivity contribution in [2.75, 3.05) is 0 Å². The number of pyridine rings is 1. The Kier molecular flexibility index (Phi) is 3.76. The summed E-state index contributed by atoms with van der Waals surface area (Å²) >= 11 is 0. The number of halogens is 1. The highest BCUT2D eigenvalue weighted by Crippen LogP contribution is 2.02. The summed E-state index contributed by atoms with van der Waals surface area (Å²) in [5.74, 6) is -0.760. The third kappa shape index (κ3) is 2.98. The van der Waals surface area contributed by atoms with Gasteiger partial charge in [-0.15, -0.1) is 0 Å². The van der Waals surface area contributed by atoms with E-state index in [2.05, 4.69) is 15.5 Å². The lowest BCUT2D eigenvalue weighted by molar-refractivity contribution is 0.0955. The van der Waals surface area contributed by atoms with Gasteiger partial charge in [-0.1, -0.05) is 18.2 Å². The normalized spacial score (nSPS) is 10.5. The number of nitrogens with zero attached hydrogens (tertiary/aromatic N) is 2. The summed E-state index contributed by atoms with van der Waals surface area (Å²) in [6.45, 7) is 0. The predicted molar refractivity (Wildman–Crippen MR) is 65.7 cm³/mol. The van der Waals surface area contributed by atoms with Crippen LogP contribution in [0.2, 0.25) is 0 Å². The minimum Gasteiger partial charge on any atom is -0.267 e. The van der Waals surface area contributed by atoms with Gasteiger partial charge in [0.05, 0.1) is 6.21 Å². The zero-order valence-electron chi connectivity index (χ0n) is 9.38. The molecule has 1 N–H and O–H groups in total. The standard InChI is InChI=1S/C13H10FN3O/c14-12-4-2-1-3-11(12)9-16-17-13(18)10-5-7-15-8-6-10/h1-9H,(H,17,18)/b16-9+. The van der Waals surface area contributed by atoms with Crippen molar-refractivity contribution in [1.29, 1.82) is 0 Å². The van der Waals surface area contributed by atoms with Crippen molar-refractivity contribution < 1.29 is 9.18 Å². The summed E-state index contributed by atoms with van der Waals surface area (Å²) in [6, 6.07) is 9.29. The lowest BCUT2D eigenvalue weighted by atomic mass is 10.2. The minimum absolute atomic E-state index is 0.313. The van der Waals surface area contributed by atoms with Crippen LogP contribution in [0.3, 0.4) is 0 Å². The molecule has 0 spiro atoms. The summed E-state index contributed by atoms with van der Waals surface area (Å²) in [6.07, 6.45) is 4.28. The van der Waals surface area contributed by atoms with E-state index in [1.54, 1.807) is 30.3 Å². The van der Waals surface area contributed by atoms with Crippen LogP contribution in [0, 0.1) is 5.82 Å². The van der Waals surface area contributed by atoms with E-state index in [-0.39, 0.29) is 11.7 Å². The first-order chi connectivity index (χ1) is 8.77. The van der Waals surface area contributed by atoms with Crippen LogP contribution >= 0.6 is 0 Å². The lowest BCUT2D eigenvalue weighted by Crippen LogP contribution is -2.17. The molecule has 2 rings (SSSR count). The van der Waals surface area contributed by atoms with Crippen molar-refractivity contribution in [3.8, 4) is 0 Å². The molecule has 0 unspecified atom stereocenters. The van der Waals surface area contributed by atoms with E-state index in [4.69, 9.17) is 0 Å². The van der Waals surface area contributed by atoms with Crippen LogP contribution < -0.4 is 5.43 Å². The van der Waals surface area contributed by atoms with Gasteiger partial charge in [-0.2, -0.15) is 5.10 Å². The van der Waals surface area contributed by atoms with E-state index in [1.807, 2.05) is 0 Å². The maximum absolute atomic E-state index is 13.2. The predicted octanol–water partition coefficient (Wildman–Crippen LogP) is 1.98. The molecule has 2 aromatic rings. The lowest BCUT2D eigenvalue weighted by Gasteiger charge is -1.99. The zero-order chi connectivity index (χ0) is 12.8. The van der Waals surface area contributed by atoms with Crippen molar-refractivity contribution >= 4 is 12.1 Å². The van der Waals surface area contributed by atoms with Crippen molar-refractivity contribution in [2.45, 2.75) is 0 Å². The molecule has 1 aromatic carbocycles. The molecule has 90 valence electrons. The Morgan fingerprint density at radius 3 is 2.67 bits per heavy atom. The molecular formula is C13H10FN3O. The molecule has 0 radical (unpaired) electrons. The van der Waals surface area contributed by atoms with Crippen LogP contribution in [-0.2, 0) is 0 Å². The molecule has 0 atom stereocenters. The molecule has 0 saturated heterocycles. The van der Waals surface area contributed by atoms with Crippen LogP contribution in [0.1, 0.15) is 15.9 Å². The van der Waals surface area contributed by atoms with Gasteiger partial charge >= 0.3 is 0 Å². The Bertz CT molecular complexity index is 569. The highest BCUT2D eigenvalue weighted by Gasteiger charge is 2.02. The van der Waals surface area contributed by atoms with Crippen LogP contribution in [0.4, 0.5) is 4.39 Å². The number of hydrazone groups is 1. The van der Waals surface area contributed by atoms with Gasteiger partial charge in [0.2, 0.25) is 0 Å². The Hall–Kier alpha value is -2.56. The van der Waals surface area contributed by atoms with Crippen LogP contribution in [0.5, 0.6) is 0 Å². The molecule has 0 aliphatic rings. The SMILES string of the molecule is O=C(N/N=C/c1ccccc1F)c1ccncc1. The number of amides is 1. The second kappa shape index (κ2) is 5.67. The molecule has 1 heterocycles. The highest BCUT2D eigenvalue weighted by molar-refractivity contribution is 5.94. The van der Waals surface area contributed by atoms with Crippen molar-refractivity contribution in [2.24, 2.45) is 5.10 Å². The Labute approximate surface area is 103 Å². The quantitative estimate of drug-likeness (QED) is 0.662. The number of aromatic nitrogens is 1. The van der Waals surface area contributed by atoms with Gasteiger partial charge in [-0.3, -0.25) is 9.78 Å². The first-order valence-electron chi connectivity index (χ1n) is 5.25. The average Bonchev–Trinajstić information content (AvgIpc) is 2.42. The molecule has 0 bridgehead atoms. The first-order valence-corrected chi connectivity index (χ1v) is 5.25. The Morgan fingerprint density at radius 1 is 1.22 bits per heavy atom. The maximum atomic E-state index is 13.2. The number of benzene rings is 1. The minimum atomic E-state index is -0.389. The molecule has 5 heteroatoms. The number of rotatable bonds is 3. The van der Waals surface area contributed by atoms with Gasteiger partial charge in [0.1, 0.15) is 5.82 Å². The van der Waals surface area contributed by atoms with E-state index in [9.17, 15) is 9.18 Å². The maximum Gasteiger partial charge on any atom is 0.271 e. The van der Waals surface area contributed by atoms with Crippen molar-refractivity contribution in [3.63, 3.8) is 0 Å². The first kappa shape index (κ1) is 11.9. The summed E-state index contributed by atoms with van der Waals surface area (Å²) in [7, 11) is 0. The van der Waals surface area contributed by atoms with Crippen molar-refractivity contribution in [1.82, 2.24) is 10.4 Å². The van der Waals surface area contributed by atoms with Crippen molar-refractivity contribution in [3.05, 3.63) is 65.7 Å². The van der Waals surface area contributed by atoms with Crippen LogP contribution in [0.15, 0.2) is 53.9 Å². The number of nitrogens with one attached hydrogen (secondary N) is 1. The fourth-order valence-corrected chi connectivity index (χ4v) is 1.31. The molecule has 4 nitrogen and oxygen atoms in total. The Morgan fingerprint density at radius 2 is 1.94 bits per heavy atom. The number of carbonyl (C=O) groups excluding carboxylic acids is 1. The zero-order valence-corrected chi connectivity index (χ0v) is 9.38. The van der Waals surface area contributed by atoms with Gasteiger partial charge in [0.25, 0.3) is 5.91 Å². The highest BCUT2D eigenvalue weighted by atomic mass is 19.1. The molecule has 1 amide bonds. The van der Waals surface area contributed by atoms with Crippen LogP contribution in [-0.4, -0.2) is 17.1 Å². The Balaban J connectivity index is 2.00. The third-order valence-electron chi connectivity index (χ3n) is 2.22. The number of carbonyl (C=O) groups is 1. The summed E-state index contributed by atoms with van der Waals surface area (Å²) in [5.41, 5.74) is 3.06. The van der Waals surface area contributed by atoms with E-state index < -0.39 is 0 Å². The number of hydrogen-bond acceptors (Lipinski definition) is 3. The second-order valence-corrected chi connectivity index (χ2v) is 3.46. The van der Waals surface area contributed by atoms with Gasteiger partial charge in [-0.25, -0.2) is 9.82 Å². The van der Waals surface area contributed by atoms with Crippen LogP contribution in [0.25, 0.3) is 0 Å². The molecule has 18 heavy (non-hydrogen) atoms. The molecular weight excluding hydrogens is 233 g/mol. The second-order valence-electron chi connectivity index (χ2n) is 3.46. The van der Waals surface area contributed by atoms with E-state index in [0.717, 1.165) is 0 Å². The van der Waals surface area contributed by atoms with Gasteiger partial charge in [0, 0.05) is 23.5 Å². The van der Waals surface area contributed by atoms with E-state index >= 15 is 0 Å². The van der Waals surface area contributed by atoms with Gasteiger partial charge < -0.3 is 0 Å². The van der Waals surface area contributed by atoms with Gasteiger partial charge in [0.15, 0.2) is 0 Å². The topological polar surface area (TPSA) is 54.4 Å². The molecule has 0 aliphatic heterocycles. The average molecular weight is 243 g/mol. The smallest absolute Gasteiger partial charge is 0.267 e. The summed E-state index contributed by atoms with van der Waals surface area (Å²) < 4.78 is 13.2. The molecule has 0 fully saturated rings. The summed E-state index contributed by atoms with van der Waals surface area (Å²) in [4.78, 5) is 15.4. The molecule has 1 aromatic heterocycles. The molecule has 0 aliphatic carbocycles. The van der Waals surface area contributed by atoms with E-state index in [0.29, 0.717) is 11.1 Å².